The zero-order chi connectivity index (χ0) is 13.9. The number of benzene rings is 1. The summed E-state index contributed by atoms with van der Waals surface area (Å²) >= 11 is 17.0. The number of nitrogens with one attached hydrogen (secondary N) is 2. The largest absolute Gasteiger partial charge is 0.330 e. The normalized spacial score (nSPS) is 9.83. The van der Waals surface area contributed by atoms with Crippen LogP contribution in [0.1, 0.15) is 6.92 Å². The van der Waals surface area contributed by atoms with Gasteiger partial charge in [0.2, 0.25) is 5.91 Å². The molecule has 1 rings (SSSR count). The van der Waals surface area contributed by atoms with Crippen LogP contribution < -0.4 is 16.5 Å². The molecule has 98 valence electrons. The highest BCUT2D eigenvalue weighted by atomic mass is 35.5. The SMILES string of the molecule is CC(=O)Nc1cc(Cl)c(NC(=S)N(C)N)cc1Cl. The van der Waals surface area contributed by atoms with Crippen LogP contribution in [0, 0.1) is 0 Å². The van der Waals surface area contributed by atoms with Crippen molar-refractivity contribution in [2.75, 3.05) is 17.7 Å². The summed E-state index contributed by atoms with van der Waals surface area (Å²) in [7, 11) is 1.59. The van der Waals surface area contributed by atoms with Crippen LogP contribution >= 0.6 is 35.4 Å². The summed E-state index contributed by atoms with van der Waals surface area (Å²) in [5.41, 5.74) is 0.949. The maximum Gasteiger partial charge on any atom is 0.221 e. The first kappa shape index (κ1) is 15.0. The highest BCUT2D eigenvalue weighted by molar-refractivity contribution is 7.80. The van der Waals surface area contributed by atoms with Crippen LogP contribution in [-0.2, 0) is 4.79 Å². The number of carbonyl (C=O) groups is 1. The van der Waals surface area contributed by atoms with Crippen molar-refractivity contribution >= 4 is 57.8 Å². The second-order valence-corrected chi connectivity index (χ2v) is 4.74. The average Bonchev–Trinajstić information content (AvgIpc) is 2.24. The van der Waals surface area contributed by atoms with Gasteiger partial charge in [-0.05, 0) is 24.4 Å². The third kappa shape index (κ3) is 3.99. The van der Waals surface area contributed by atoms with Gasteiger partial charge < -0.3 is 10.6 Å². The van der Waals surface area contributed by atoms with Gasteiger partial charge in [0.05, 0.1) is 21.4 Å². The van der Waals surface area contributed by atoms with E-state index in [4.69, 9.17) is 41.3 Å². The van der Waals surface area contributed by atoms with Crippen LogP contribution in [0.15, 0.2) is 12.1 Å². The molecule has 8 heteroatoms. The molecule has 1 aromatic carbocycles. The molecule has 0 aliphatic carbocycles. The molecular weight excluding hydrogens is 295 g/mol. The summed E-state index contributed by atoms with van der Waals surface area (Å²) in [5.74, 6) is 5.23. The first-order valence-electron chi connectivity index (χ1n) is 4.87. The molecular formula is C10H12Cl2N4OS. The minimum Gasteiger partial charge on any atom is -0.330 e. The minimum atomic E-state index is -0.231. The van der Waals surface area contributed by atoms with E-state index in [1.54, 1.807) is 13.1 Å². The Labute approximate surface area is 120 Å². The number of nitrogens with zero attached hydrogens (tertiary/aromatic N) is 1. The molecule has 0 spiro atoms. The van der Waals surface area contributed by atoms with Gasteiger partial charge >= 0.3 is 0 Å². The highest BCUT2D eigenvalue weighted by Gasteiger charge is 2.10. The van der Waals surface area contributed by atoms with Crippen LogP contribution in [0.2, 0.25) is 10.0 Å². The van der Waals surface area contributed by atoms with Gasteiger partial charge in [0, 0.05) is 14.0 Å². The predicted molar refractivity (Wildman–Crippen MR) is 78.9 cm³/mol. The third-order valence-corrected chi connectivity index (χ3v) is 2.94. The molecule has 0 saturated carbocycles. The third-order valence-electron chi connectivity index (χ3n) is 1.93. The van der Waals surface area contributed by atoms with Crippen LogP contribution in [0.4, 0.5) is 11.4 Å². The zero-order valence-electron chi connectivity index (χ0n) is 9.75. The van der Waals surface area contributed by atoms with E-state index in [0.717, 1.165) is 0 Å². The van der Waals surface area contributed by atoms with E-state index in [2.05, 4.69) is 10.6 Å². The summed E-state index contributed by atoms with van der Waals surface area (Å²) in [4.78, 5) is 11.0. The van der Waals surface area contributed by atoms with Crippen LogP contribution in [-0.4, -0.2) is 23.1 Å². The second-order valence-electron chi connectivity index (χ2n) is 3.53. The zero-order valence-corrected chi connectivity index (χ0v) is 12.1. The van der Waals surface area contributed by atoms with E-state index >= 15 is 0 Å². The van der Waals surface area contributed by atoms with Gasteiger partial charge in [-0.1, -0.05) is 23.2 Å². The van der Waals surface area contributed by atoms with Crippen molar-refractivity contribution in [2.24, 2.45) is 5.84 Å². The van der Waals surface area contributed by atoms with Gasteiger partial charge in [0.25, 0.3) is 0 Å². The predicted octanol–water partition coefficient (Wildman–Crippen LogP) is 2.45. The number of amides is 1. The number of rotatable bonds is 2. The van der Waals surface area contributed by atoms with E-state index in [9.17, 15) is 4.79 Å². The number of carbonyl (C=O) groups excluding carboxylic acids is 1. The molecule has 0 heterocycles. The molecule has 0 aliphatic rings. The van der Waals surface area contributed by atoms with Crippen molar-refractivity contribution < 1.29 is 4.79 Å². The number of thiocarbonyl (C=S) groups is 1. The van der Waals surface area contributed by atoms with Crippen LogP contribution in [0.5, 0.6) is 0 Å². The van der Waals surface area contributed by atoms with Crippen LogP contribution in [0.25, 0.3) is 0 Å². The monoisotopic (exact) mass is 306 g/mol. The summed E-state index contributed by atoms with van der Waals surface area (Å²) < 4.78 is 0. The lowest BCUT2D eigenvalue weighted by atomic mass is 10.2. The number of halogens is 2. The van der Waals surface area contributed by atoms with Crippen molar-refractivity contribution in [3.05, 3.63) is 22.2 Å². The Balaban J connectivity index is 3.00. The molecule has 1 amide bonds. The molecule has 0 radical (unpaired) electrons. The topological polar surface area (TPSA) is 70.4 Å². The Morgan fingerprint density at radius 1 is 1.28 bits per heavy atom. The molecule has 4 N–H and O–H groups in total. The number of hydrogen-bond donors (Lipinski definition) is 3. The molecule has 5 nitrogen and oxygen atoms in total. The fourth-order valence-electron chi connectivity index (χ4n) is 1.13. The lowest BCUT2D eigenvalue weighted by Gasteiger charge is -2.17. The van der Waals surface area contributed by atoms with Crippen molar-refractivity contribution in [3.8, 4) is 0 Å². The molecule has 0 bridgehead atoms. The van der Waals surface area contributed by atoms with E-state index in [0.29, 0.717) is 26.5 Å². The van der Waals surface area contributed by atoms with Gasteiger partial charge in [0.15, 0.2) is 5.11 Å². The lowest BCUT2D eigenvalue weighted by Crippen LogP contribution is -2.36. The number of anilines is 2. The summed E-state index contributed by atoms with van der Waals surface area (Å²) in [5, 5.41) is 7.64. The molecule has 0 aliphatic heterocycles. The molecule has 0 aromatic heterocycles. The van der Waals surface area contributed by atoms with Crippen LogP contribution in [0.3, 0.4) is 0 Å². The Bertz CT molecular complexity index is 493. The molecule has 1 aromatic rings. The fourth-order valence-corrected chi connectivity index (χ4v) is 1.66. The minimum absolute atomic E-state index is 0.231. The maximum absolute atomic E-state index is 11.0. The maximum atomic E-state index is 11.0. The van der Waals surface area contributed by atoms with Crippen molar-refractivity contribution in [3.63, 3.8) is 0 Å². The first-order chi connectivity index (χ1) is 8.31. The Morgan fingerprint density at radius 3 is 2.11 bits per heavy atom. The Morgan fingerprint density at radius 2 is 1.72 bits per heavy atom. The molecule has 0 unspecified atom stereocenters. The van der Waals surface area contributed by atoms with E-state index in [-0.39, 0.29) is 5.91 Å². The molecule has 0 fully saturated rings. The molecule has 0 saturated heterocycles. The first-order valence-corrected chi connectivity index (χ1v) is 6.03. The van der Waals surface area contributed by atoms with Crippen molar-refractivity contribution in [1.82, 2.24) is 5.01 Å². The average molecular weight is 307 g/mol. The summed E-state index contributed by atoms with van der Waals surface area (Å²) in [6.07, 6.45) is 0. The quantitative estimate of drug-likeness (QED) is 0.445. The number of nitrogens with two attached hydrogens (primary N) is 1. The smallest absolute Gasteiger partial charge is 0.221 e. The fraction of sp³-hybridized carbons (Fsp3) is 0.200. The van der Waals surface area contributed by atoms with E-state index in [1.807, 2.05) is 0 Å². The van der Waals surface area contributed by atoms with Crippen molar-refractivity contribution in [1.29, 1.82) is 0 Å². The molecule has 18 heavy (non-hydrogen) atoms. The molecule has 0 atom stereocenters. The highest BCUT2D eigenvalue weighted by Crippen LogP contribution is 2.32. The number of hydrazine groups is 1. The van der Waals surface area contributed by atoms with Gasteiger partial charge in [-0.25, -0.2) is 5.84 Å². The van der Waals surface area contributed by atoms with Gasteiger partial charge in [-0.15, -0.1) is 0 Å². The Kier molecular flexibility index (Phi) is 5.15. The number of hydrogen-bond acceptors (Lipinski definition) is 3. The second kappa shape index (κ2) is 6.19. The Hall–Kier alpha value is -1.08. The van der Waals surface area contributed by atoms with Gasteiger partial charge in [-0.3, -0.25) is 9.80 Å². The van der Waals surface area contributed by atoms with E-state index in [1.165, 1.54) is 18.0 Å². The van der Waals surface area contributed by atoms with E-state index < -0.39 is 0 Å². The van der Waals surface area contributed by atoms with Gasteiger partial charge in [-0.2, -0.15) is 0 Å². The van der Waals surface area contributed by atoms with Crippen molar-refractivity contribution in [2.45, 2.75) is 6.92 Å². The standard InChI is InChI=1S/C10H12Cl2N4OS/c1-5(17)14-8-3-7(12)9(4-6(8)11)15-10(18)16(2)13/h3-4H,13H2,1-2H3,(H,14,17)(H,15,18). The van der Waals surface area contributed by atoms with Gasteiger partial charge in [0.1, 0.15) is 0 Å². The summed E-state index contributed by atoms with van der Waals surface area (Å²) in [6.45, 7) is 1.38. The lowest BCUT2D eigenvalue weighted by molar-refractivity contribution is -0.114. The summed E-state index contributed by atoms with van der Waals surface area (Å²) in [6, 6.07) is 3.09.